The van der Waals surface area contributed by atoms with Gasteiger partial charge in [-0.2, -0.15) is 0 Å². The first-order chi connectivity index (χ1) is 11.5. The molecule has 4 heteroatoms. The van der Waals surface area contributed by atoms with Gasteiger partial charge in [-0.3, -0.25) is 4.79 Å². The van der Waals surface area contributed by atoms with Gasteiger partial charge in [0.05, 0.1) is 17.4 Å². The van der Waals surface area contributed by atoms with Gasteiger partial charge in [-0.1, -0.05) is 24.3 Å². The van der Waals surface area contributed by atoms with Crippen LogP contribution < -0.4 is 14.7 Å². The van der Waals surface area contributed by atoms with Gasteiger partial charge in [0, 0.05) is 39.8 Å². The van der Waals surface area contributed by atoms with Gasteiger partial charge < -0.3 is 14.7 Å². The van der Waals surface area contributed by atoms with Crippen molar-refractivity contribution in [2.45, 2.75) is 26.4 Å². The van der Waals surface area contributed by atoms with Crippen molar-refractivity contribution < 1.29 is 4.79 Å². The van der Waals surface area contributed by atoms with Crippen molar-refractivity contribution in [3.8, 4) is 0 Å². The third-order valence-corrected chi connectivity index (χ3v) is 4.57. The van der Waals surface area contributed by atoms with Gasteiger partial charge in [0.25, 0.3) is 0 Å². The number of rotatable bonds is 3. The number of nitrogens with zero attached hydrogens (tertiary/aromatic N) is 3. The largest absolute Gasteiger partial charge is 0.378 e. The lowest BCUT2D eigenvalue weighted by atomic mass is 10.1. The Morgan fingerprint density at radius 2 is 1.71 bits per heavy atom. The number of carbonyl (C=O) groups is 1. The Morgan fingerprint density at radius 1 is 1.08 bits per heavy atom. The Kier molecular flexibility index (Phi) is 4.47. The molecule has 4 nitrogen and oxygen atoms in total. The minimum absolute atomic E-state index is 0.102. The summed E-state index contributed by atoms with van der Waals surface area (Å²) in [6, 6.07) is 17.0. The van der Waals surface area contributed by atoms with Crippen LogP contribution >= 0.6 is 0 Å². The summed E-state index contributed by atoms with van der Waals surface area (Å²) in [6.45, 7) is 5.44. The number of hydrogen-bond acceptors (Lipinski definition) is 3. The first-order valence-corrected chi connectivity index (χ1v) is 8.37. The van der Waals surface area contributed by atoms with Crippen LogP contribution in [0.25, 0.3) is 0 Å². The van der Waals surface area contributed by atoms with Crippen LogP contribution in [0.2, 0.25) is 0 Å². The SMILES string of the molecule is CC(=O)N1c2ccccc2N(Cc2ccc(N(C)C)cc2)C[C@@H]1C. The minimum Gasteiger partial charge on any atom is -0.378 e. The first-order valence-electron chi connectivity index (χ1n) is 8.37. The van der Waals surface area contributed by atoms with Crippen LogP contribution in [0, 0.1) is 0 Å². The van der Waals surface area contributed by atoms with E-state index in [1.165, 1.54) is 11.3 Å². The molecule has 24 heavy (non-hydrogen) atoms. The normalized spacial score (nSPS) is 16.8. The predicted octanol–water partition coefficient (Wildman–Crippen LogP) is 3.51. The second-order valence-corrected chi connectivity index (χ2v) is 6.67. The summed E-state index contributed by atoms with van der Waals surface area (Å²) in [5, 5.41) is 0. The number of carbonyl (C=O) groups excluding carboxylic acids is 1. The molecule has 0 bridgehead atoms. The highest BCUT2D eigenvalue weighted by atomic mass is 16.2. The Balaban J connectivity index is 1.88. The molecule has 0 spiro atoms. The van der Waals surface area contributed by atoms with Crippen LogP contribution in [0.1, 0.15) is 19.4 Å². The van der Waals surface area contributed by atoms with Crippen LogP contribution in [-0.2, 0) is 11.3 Å². The highest BCUT2D eigenvalue weighted by Gasteiger charge is 2.30. The highest BCUT2D eigenvalue weighted by molar-refractivity contribution is 5.97. The minimum atomic E-state index is 0.102. The van der Waals surface area contributed by atoms with Crippen molar-refractivity contribution in [3.63, 3.8) is 0 Å². The van der Waals surface area contributed by atoms with Gasteiger partial charge in [0.1, 0.15) is 0 Å². The maximum Gasteiger partial charge on any atom is 0.224 e. The third-order valence-electron chi connectivity index (χ3n) is 4.57. The molecule has 126 valence electrons. The molecule has 0 saturated heterocycles. The smallest absolute Gasteiger partial charge is 0.224 e. The van der Waals surface area contributed by atoms with Gasteiger partial charge in [-0.25, -0.2) is 0 Å². The molecule has 1 atom stereocenters. The van der Waals surface area contributed by atoms with E-state index in [9.17, 15) is 4.79 Å². The zero-order valence-corrected chi connectivity index (χ0v) is 14.9. The molecule has 0 N–H and O–H groups in total. The number of para-hydroxylation sites is 2. The Hall–Kier alpha value is -2.49. The van der Waals surface area contributed by atoms with Crippen LogP contribution in [-0.4, -0.2) is 32.6 Å². The van der Waals surface area contributed by atoms with E-state index in [0.29, 0.717) is 0 Å². The molecule has 0 radical (unpaired) electrons. The van der Waals surface area contributed by atoms with Crippen molar-refractivity contribution in [3.05, 3.63) is 54.1 Å². The Morgan fingerprint density at radius 3 is 2.29 bits per heavy atom. The molecular weight excluding hydrogens is 298 g/mol. The average molecular weight is 323 g/mol. The maximum atomic E-state index is 12.0. The molecule has 1 amide bonds. The fraction of sp³-hybridized carbons (Fsp3) is 0.350. The fourth-order valence-corrected chi connectivity index (χ4v) is 3.42. The van der Waals surface area contributed by atoms with Crippen LogP contribution in [0.15, 0.2) is 48.5 Å². The lowest BCUT2D eigenvalue weighted by Gasteiger charge is -2.42. The van der Waals surface area contributed by atoms with E-state index in [0.717, 1.165) is 24.5 Å². The van der Waals surface area contributed by atoms with Gasteiger partial charge in [-0.05, 0) is 36.8 Å². The molecule has 0 saturated carbocycles. The van der Waals surface area contributed by atoms with Gasteiger partial charge in [-0.15, -0.1) is 0 Å². The van der Waals surface area contributed by atoms with Gasteiger partial charge in [0.2, 0.25) is 5.91 Å². The third kappa shape index (κ3) is 3.09. The Bertz CT molecular complexity index is 724. The van der Waals surface area contributed by atoms with Gasteiger partial charge >= 0.3 is 0 Å². The molecule has 0 unspecified atom stereocenters. The standard InChI is InChI=1S/C20H25N3O/c1-15-13-22(14-17-9-11-18(12-10-17)21(3)4)19-7-5-6-8-20(19)23(15)16(2)24/h5-12,15H,13-14H2,1-4H3/t15-/m0/s1. The van der Waals surface area contributed by atoms with E-state index in [4.69, 9.17) is 0 Å². The van der Waals surface area contributed by atoms with Crippen LogP contribution in [0.4, 0.5) is 17.1 Å². The number of anilines is 3. The highest BCUT2D eigenvalue weighted by Crippen LogP contribution is 2.36. The summed E-state index contributed by atoms with van der Waals surface area (Å²) >= 11 is 0. The van der Waals surface area contributed by atoms with Crippen molar-refractivity contribution in [1.82, 2.24) is 0 Å². The summed E-state index contributed by atoms with van der Waals surface area (Å²) < 4.78 is 0. The summed E-state index contributed by atoms with van der Waals surface area (Å²) in [5.41, 5.74) is 4.61. The molecular formula is C20H25N3O. The Labute approximate surface area is 144 Å². The lowest BCUT2D eigenvalue weighted by Crippen LogP contribution is -2.49. The van der Waals surface area contributed by atoms with E-state index in [1.807, 2.05) is 37.2 Å². The van der Waals surface area contributed by atoms with E-state index >= 15 is 0 Å². The average Bonchev–Trinajstić information content (AvgIpc) is 2.55. The molecule has 1 aliphatic heterocycles. The lowest BCUT2D eigenvalue weighted by molar-refractivity contribution is -0.117. The second-order valence-electron chi connectivity index (χ2n) is 6.67. The second kappa shape index (κ2) is 6.56. The van der Waals surface area contributed by atoms with Crippen molar-refractivity contribution >= 4 is 23.0 Å². The fourth-order valence-electron chi connectivity index (χ4n) is 3.42. The summed E-state index contributed by atoms with van der Waals surface area (Å²) in [5.74, 6) is 0.102. The number of amides is 1. The summed E-state index contributed by atoms with van der Waals surface area (Å²) in [4.78, 5) is 18.4. The van der Waals surface area contributed by atoms with Crippen LogP contribution in [0.3, 0.4) is 0 Å². The summed E-state index contributed by atoms with van der Waals surface area (Å²) in [7, 11) is 4.10. The van der Waals surface area contributed by atoms with Crippen molar-refractivity contribution in [2.24, 2.45) is 0 Å². The van der Waals surface area contributed by atoms with Gasteiger partial charge in [0.15, 0.2) is 0 Å². The monoisotopic (exact) mass is 323 g/mol. The van der Waals surface area contributed by atoms with E-state index in [1.54, 1.807) is 6.92 Å². The van der Waals surface area contributed by atoms with E-state index < -0.39 is 0 Å². The van der Waals surface area contributed by atoms with E-state index in [2.05, 4.69) is 47.1 Å². The molecule has 0 fully saturated rings. The summed E-state index contributed by atoms with van der Waals surface area (Å²) in [6.07, 6.45) is 0. The maximum absolute atomic E-state index is 12.0. The first kappa shape index (κ1) is 16.4. The zero-order chi connectivity index (χ0) is 17.3. The topological polar surface area (TPSA) is 26.8 Å². The van der Waals surface area contributed by atoms with Crippen LogP contribution in [0.5, 0.6) is 0 Å². The van der Waals surface area contributed by atoms with Crippen molar-refractivity contribution in [2.75, 3.05) is 35.3 Å². The number of fused-ring (bicyclic) bond motifs is 1. The molecule has 0 aromatic heterocycles. The quantitative estimate of drug-likeness (QED) is 0.865. The molecule has 2 aromatic rings. The molecule has 0 aliphatic carbocycles. The predicted molar refractivity (Wildman–Crippen MR) is 101 cm³/mol. The number of hydrogen-bond donors (Lipinski definition) is 0. The molecule has 1 aliphatic rings. The molecule has 1 heterocycles. The van der Waals surface area contributed by atoms with Crippen molar-refractivity contribution in [1.29, 1.82) is 0 Å². The molecule has 2 aromatic carbocycles. The molecule has 3 rings (SSSR count). The number of benzene rings is 2. The van der Waals surface area contributed by atoms with E-state index in [-0.39, 0.29) is 11.9 Å². The zero-order valence-electron chi connectivity index (χ0n) is 14.9.